The molecule has 3 rings (SSSR count). The maximum absolute atomic E-state index is 14.1. The number of anilines is 1. The van der Waals surface area contributed by atoms with Crippen LogP contribution in [0.4, 0.5) is 10.1 Å². The first-order valence-electron chi connectivity index (χ1n) is 6.45. The molecule has 0 radical (unpaired) electrons. The highest BCUT2D eigenvalue weighted by atomic mass is 35.5. The summed E-state index contributed by atoms with van der Waals surface area (Å²) in [5.41, 5.74) is 1.32. The van der Waals surface area contributed by atoms with Gasteiger partial charge in [-0.3, -0.25) is 0 Å². The minimum absolute atomic E-state index is 0.270. The highest BCUT2D eigenvalue weighted by Crippen LogP contribution is 2.35. The standard InChI is InChI=1S/C16H13ClFNOS/c1-10-4-2-5-11(18)15(10)19-16(12-6-3-9-20-12)13-7-8-14(17)21-13/h2-9,16,19H,1H3. The van der Waals surface area contributed by atoms with Crippen LogP contribution in [-0.2, 0) is 0 Å². The van der Waals surface area contributed by atoms with E-state index in [0.29, 0.717) is 10.0 Å². The molecule has 0 amide bonds. The van der Waals surface area contributed by atoms with E-state index >= 15 is 0 Å². The molecule has 21 heavy (non-hydrogen) atoms. The van der Waals surface area contributed by atoms with Gasteiger partial charge in [-0.1, -0.05) is 23.7 Å². The number of benzene rings is 1. The van der Waals surface area contributed by atoms with Crippen LogP contribution < -0.4 is 5.32 Å². The lowest BCUT2D eigenvalue weighted by atomic mass is 10.1. The number of hydrogen-bond donors (Lipinski definition) is 1. The van der Waals surface area contributed by atoms with Gasteiger partial charge in [0.25, 0.3) is 0 Å². The quantitative estimate of drug-likeness (QED) is 0.672. The van der Waals surface area contributed by atoms with E-state index in [9.17, 15) is 4.39 Å². The Hall–Kier alpha value is -1.78. The average molecular weight is 322 g/mol. The third-order valence-corrected chi connectivity index (χ3v) is 4.51. The molecule has 5 heteroatoms. The Morgan fingerprint density at radius 3 is 2.67 bits per heavy atom. The molecule has 0 bridgehead atoms. The number of nitrogens with one attached hydrogen (secondary N) is 1. The molecule has 1 atom stereocenters. The van der Waals surface area contributed by atoms with Crippen molar-refractivity contribution >= 4 is 28.6 Å². The molecule has 1 aromatic carbocycles. The lowest BCUT2D eigenvalue weighted by molar-refractivity contribution is 0.499. The average Bonchev–Trinajstić information content (AvgIpc) is 3.10. The Morgan fingerprint density at radius 2 is 2.05 bits per heavy atom. The number of halogens is 2. The topological polar surface area (TPSA) is 25.2 Å². The Labute approximate surface area is 131 Å². The summed E-state index contributed by atoms with van der Waals surface area (Å²) >= 11 is 7.46. The first-order chi connectivity index (χ1) is 10.1. The number of para-hydroxylation sites is 1. The summed E-state index contributed by atoms with van der Waals surface area (Å²) < 4.78 is 20.2. The van der Waals surface area contributed by atoms with Crippen LogP contribution in [0.2, 0.25) is 4.34 Å². The van der Waals surface area contributed by atoms with Gasteiger partial charge in [0.2, 0.25) is 0 Å². The van der Waals surface area contributed by atoms with Gasteiger partial charge in [-0.25, -0.2) is 4.39 Å². The van der Waals surface area contributed by atoms with Crippen molar-refractivity contribution in [1.29, 1.82) is 0 Å². The van der Waals surface area contributed by atoms with Crippen LogP contribution in [0.3, 0.4) is 0 Å². The van der Waals surface area contributed by atoms with Crippen LogP contribution in [0.15, 0.2) is 53.1 Å². The zero-order chi connectivity index (χ0) is 14.8. The van der Waals surface area contributed by atoms with Crippen LogP contribution in [0.1, 0.15) is 22.2 Å². The summed E-state index contributed by atoms with van der Waals surface area (Å²) in [5.74, 6) is 0.436. The van der Waals surface area contributed by atoms with Crippen molar-refractivity contribution in [2.75, 3.05) is 5.32 Å². The van der Waals surface area contributed by atoms with Crippen LogP contribution in [0.5, 0.6) is 0 Å². The van der Waals surface area contributed by atoms with Crippen molar-refractivity contribution in [2.24, 2.45) is 0 Å². The summed E-state index contributed by atoms with van der Waals surface area (Å²) in [6.45, 7) is 1.87. The normalized spacial score (nSPS) is 12.3. The molecule has 0 aliphatic heterocycles. The van der Waals surface area contributed by atoms with E-state index in [0.717, 1.165) is 16.2 Å². The van der Waals surface area contributed by atoms with E-state index in [2.05, 4.69) is 5.32 Å². The highest BCUT2D eigenvalue weighted by molar-refractivity contribution is 7.16. The van der Waals surface area contributed by atoms with Crippen molar-refractivity contribution in [2.45, 2.75) is 13.0 Å². The van der Waals surface area contributed by atoms with Gasteiger partial charge < -0.3 is 9.73 Å². The molecule has 3 aromatic rings. The summed E-state index contributed by atoms with van der Waals surface area (Å²) in [4.78, 5) is 0.970. The monoisotopic (exact) mass is 321 g/mol. The fraction of sp³-hybridized carbons (Fsp3) is 0.125. The molecule has 2 nitrogen and oxygen atoms in total. The maximum atomic E-state index is 14.1. The zero-order valence-electron chi connectivity index (χ0n) is 11.3. The van der Waals surface area contributed by atoms with Gasteiger partial charge in [-0.15, -0.1) is 11.3 Å². The molecule has 108 valence electrons. The summed E-state index contributed by atoms with van der Waals surface area (Å²) in [5, 5.41) is 3.23. The predicted molar refractivity (Wildman–Crippen MR) is 84.6 cm³/mol. The molecule has 0 saturated heterocycles. The van der Waals surface area contributed by atoms with Gasteiger partial charge in [0.1, 0.15) is 17.6 Å². The van der Waals surface area contributed by atoms with Crippen LogP contribution >= 0.6 is 22.9 Å². The van der Waals surface area contributed by atoms with Crippen molar-refractivity contribution in [3.63, 3.8) is 0 Å². The van der Waals surface area contributed by atoms with Crippen LogP contribution in [0, 0.1) is 12.7 Å². The second-order valence-electron chi connectivity index (χ2n) is 4.67. The Bertz CT molecular complexity index is 718. The molecule has 0 aliphatic carbocycles. The lowest BCUT2D eigenvalue weighted by Crippen LogP contribution is -2.12. The Balaban J connectivity index is 2.01. The van der Waals surface area contributed by atoms with Crippen LogP contribution in [0.25, 0.3) is 0 Å². The second-order valence-corrected chi connectivity index (χ2v) is 6.41. The molecular formula is C16H13ClFNOS. The minimum Gasteiger partial charge on any atom is -0.467 e. The molecule has 0 aliphatic rings. The smallest absolute Gasteiger partial charge is 0.146 e. The second kappa shape index (κ2) is 5.92. The summed E-state index contributed by atoms with van der Waals surface area (Å²) in [6, 6.07) is 12.2. The third-order valence-electron chi connectivity index (χ3n) is 3.22. The summed E-state index contributed by atoms with van der Waals surface area (Å²) in [7, 11) is 0. The summed E-state index contributed by atoms with van der Waals surface area (Å²) in [6.07, 6.45) is 1.60. The van der Waals surface area contributed by atoms with Crippen molar-refractivity contribution in [3.05, 3.63) is 75.1 Å². The first-order valence-corrected chi connectivity index (χ1v) is 7.65. The van der Waals surface area contributed by atoms with Crippen molar-refractivity contribution < 1.29 is 8.81 Å². The molecule has 1 unspecified atom stereocenters. The Kier molecular flexibility index (Phi) is 3.99. The third kappa shape index (κ3) is 2.96. The number of thiophene rings is 1. The molecule has 2 aromatic heterocycles. The van der Waals surface area contributed by atoms with Gasteiger partial charge in [0, 0.05) is 4.88 Å². The van der Waals surface area contributed by atoms with Gasteiger partial charge in [0.15, 0.2) is 0 Å². The number of furan rings is 1. The van der Waals surface area contributed by atoms with Crippen molar-refractivity contribution in [1.82, 2.24) is 0 Å². The zero-order valence-corrected chi connectivity index (χ0v) is 12.8. The maximum Gasteiger partial charge on any atom is 0.146 e. The predicted octanol–water partition coefficient (Wildman–Crippen LogP) is 5.64. The fourth-order valence-electron chi connectivity index (χ4n) is 2.18. The lowest BCUT2D eigenvalue weighted by Gasteiger charge is -2.18. The van der Waals surface area contributed by atoms with E-state index in [4.69, 9.17) is 16.0 Å². The highest BCUT2D eigenvalue weighted by Gasteiger charge is 2.21. The number of aryl methyl sites for hydroxylation is 1. The van der Waals surface area contributed by atoms with E-state index in [1.165, 1.54) is 17.4 Å². The van der Waals surface area contributed by atoms with E-state index in [-0.39, 0.29) is 11.9 Å². The van der Waals surface area contributed by atoms with E-state index in [1.54, 1.807) is 12.3 Å². The van der Waals surface area contributed by atoms with Gasteiger partial charge in [-0.2, -0.15) is 0 Å². The number of rotatable bonds is 4. The first kappa shape index (κ1) is 14.2. The molecule has 1 N–H and O–H groups in total. The van der Waals surface area contributed by atoms with Gasteiger partial charge in [0.05, 0.1) is 16.3 Å². The van der Waals surface area contributed by atoms with E-state index < -0.39 is 0 Å². The molecule has 2 heterocycles. The van der Waals surface area contributed by atoms with E-state index in [1.807, 2.05) is 37.3 Å². The van der Waals surface area contributed by atoms with Crippen LogP contribution in [-0.4, -0.2) is 0 Å². The number of hydrogen-bond acceptors (Lipinski definition) is 3. The Morgan fingerprint density at radius 1 is 1.19 bits per heavy atom. The minimum atomic E-state index is -0.283. The van der Waals surface area contributed by atoms with Gasteiger partial charge in [-0.05, 0) is 42.8 Å². The molecule has 0 saturated carbocycles. The molecule has 0 spiro atoms. The largest absolute Gasteiger partial charge is 0.467 e. The fourth-order valence-corrected chi connectivity index (χ4v) is 3.30. The molecule has 0 fully saturated rings. The molecular weight excluding hydrogens is 309 g/mol. The van der Waals surface area contributed by atoms with Crippen molar-refractivity contribution in [3.8, 4) is 0 Å². The van der Waals surface area contributed by atoms with Gasteiger partial charge >= 0.3 is 0 Å². The SMILES string of the molecule is Cc1cccc(F)c1NC(c1ccco1)c1ccc(Cl)s1.